The number of nitrogens with two attached hydrogens (primary N) is 1. The zero-order valence-corrected chi connectivity index (χ0v) is 13.6. The van der Waals surface area contributed by atoms with E-state index < -0.39 is 0 Å². The molecule has 4 nitrogen and oxygen atoms in total. The standard InChI is InChI=1S/C14H13ClIN3O/c1-18-14(20)10-4-3-9(17)7-13(10)19-12-5-2-8(16)6-11(12)15/h2-7,19H,17H2,1H3,(H,18,20). The van der Waals surface area contributed by atoms with Crippen molar-refractivity contribution in [2.45, 2.75) is 0 Å². The van der Waals surface area contributed by atoms with Crippen molar-refractivity contribution in [3.05, 3.63) is 50.6 Å². The van der Waals surface area contributed by atoms with Crippen molar-refractivity contribution >= 4 is 57.2 Å². The van der Waals surface area contributed by atoms with Gasteiger partial charge in [-0.3, -0.25) is 4.79 Å². The highest BCUT2D eigenvalue weighted by atomic mass is 127. The summed E-state index contributed by atoms with van der Waals surface area (Å²) < 4.78 is 1.04. The zero-order chi connectivity index (χ0) is 14.7. The number of carbonyl (C=O) groups excluding carboxylic acids is 1. The van der Waals surface area contributed by atoms with Gasteiger partial charge in [-0.2, -0.15) is 0 Å². The first kappa shape index (κ1) is 14.9. The molecule has 6 heteroatoms. The molecule has 0 bridgehead atoms. The molecule has 0 aliphatic rings. The van der Waals surface area contributed by atoms with Gasteiger partial charge in [-0.05, 0) is 59.0 Å². The Morgan fingerprint density at radius 2 is 1.95 bits per heavy atom. The molecule has 20 heavy (non-hydrogen) atoms. The zero-order valence-electron chi connectivity index (χ0n) is 10.7. The van der Waals surface area contributed by atoms with Gasteiger partial charge in [-0.15, -0.1) is 0 Å². The number of nitrogen functional groups attached to an aromatic ring is 1. The molecule has 0 radical (unpaired) electrons. The second-order valence-corrected chi connectivity index (χ2v) is 5.79. The number of amides is 1. The molecular weight excluding hydrogens is 389 g/mol. The summed E-state index contributed by atoms with van der Waals surface area (Å²) in [6.07, 6.45) is 0. The Bertz CT molecular complexity index is 661. The average Bonchev–Trinajstić information content (AvgIpc) is 2.41. The highest BCUT2D eigenvalue weighted by molar-refractivity contribution is 14.1. The third kappa shape index (κ3) is 3.34. The highest BCUT2D eigenvalue weighted by Crippen LogP contribution is 2.29. The van der Waals surface area contributed by atoms with Crippen LogP contribution in [-0.4, -0.2) is 13.0 Å². The Labute approximate surface area is 135 Å². The summed E-state index contributed by atoms with van der Waals surface area (Å²) >= 11 is 8.37. The van der Waals surface area contributed by atoms with Gasteiger partial charge in [-0.1, -0.05) is 11.6 Å². The molecule has 4 N–H and O–H groups in total. The maximum atomic E-state index is 11.8. The Balaban J connectivity index is 2.41. The van der Waals surface area contributed by atoms with Crippen molar-refractivity contribution in [1.82, 2.24) is 5.32 Å². The van der Waals surface area contributed by atoms with E-state index in [4.69, 9.17) is 17.3 Å². The predicted molar refractivity (Wildman–Crippen MR) is 91.7 cm³/mol. The number of carbonyl (C=O) groups is 1. The van der Waals surface area contributed by atoms with Crippen LogP contribution in [-0.2, 0) is 0 Å². The molecule has 0 spiro atoms. The van der Waals surface area contributed by atoms with Crippen LogP contribution < -0.4 is 16.4 Å². The molecule has 0 heterocycles. The maximum Gasteiger partial charge on any atom is 0.253 e. The fourth-order valence-corrected chi connectivity index (χ4v) is 2.64. The van der Waals surface area contributed by atoms with Crippen molar-refractivity contribution in [2.24, 2.45) is 0 Å². The van der Waals surface area contributed by atoms with E-state index in [1.54, 1.807) is 25.2 Å². The number of halogens is 2. The van der Waals surface area contributed by atoms with Crippen molar-refractivity contribution in [1.29, 1.82) is 0 Å². The van der Waals surface area contributed by atoms with E-state index in [1.807, 2.05) is 18.2 Å². The Morgan fingerprint density at radius 1 is 1.20 bits per heavy atom. The first-order valence-corrected chi connectivity index (χ1v) is 7.30. The highest BCUT2D eigenvalue weighted by Gasteiger charge is 2.11. The minimum atomic E-state index is -0.186. The van der Waals surface area contributed by atoms with Gasteiger partial charge in [0, 0.05) is 16.3 Å². The van der Waals surface area contributed by atoms with E-state index in [0.717, 1.165) is 9.26 Å². The predicted octanol–water partition coefficient (Wildman–Crippen LogP) is 3.63. The monoisotopic (exact) mass is 401 g/mol. The molecule has 0 aromatic heterocycles. The molecule has 0 unspecified atom stereocenters. The van der Waals surface area contributed by atoms with E-state index in [0.29, 0.717) is 22.0 Å². The Hall–Kier alpha value is -1.47. The topological polar surface area (TPSA) is 67.2 Å². The lowest BCUT2D eigenvalue weighted by Gasteiger charge is -2.13. The molecule has 0 fully saturated rings. The van der Waals surface area contributed by atoms with Crippen LogP contribution in [0.4, 0.5) is 17.1 Å². The first-order chi connectivity index (χ1) is 9.51. The Morgan fingerprint density at radius 3 is 2.60 bits per heavy atom. The number of hydrogen-bond acceptors (Lipinski definition) is 3. The van der Waals surface area contributed by atoms with Crippen LogP contribution in [0.5, 0.6) is 0 Å². The lowest BCUT2D eigenvalue weighted by molar-refractivity contribution is 0.0964. The fourth-order valence-electron chi connectivity index (χ4n) is 1.73. The molecular formula is C14H13ClIN3O. The van der Waals surface area contributed by atoms with E-state index >= 15 is 0 Å². The quantitative estimate of drug-likeness (QED) is 0.543. The summed E-state index contributed by atoms with van der Waals surface area (Å²) in [6, 6.07) is 10.7. The van der Waals surface area contributed by atoms with Crippen LogP contribution in [0.25, 0.3) is 0 Å². The van der Waals surface area contributed by atoms with Gasteiger partial charge in [0.1, 0.15) is 0 Å². The minimum Gasteiger partial charge on any atom is -0.399 e. The van der Waals surface area contributed by atoms with E-state index in [1.165, 1.54) is 0 Å². The molecule has 2 rings (SSSR count). The maximum absolute atomic E-state index is 11.8. The molecule has 0 atom stereocenters. The lowest BCUT2D eigenvalue weighted by atomic mass is 10.1. The van der Waals surface area contributed by atoms with Gasteiger partial charge < -0.3 is 16.4 Å². The van der Waals surface area contributed by atoms with Crippen molar-refractivity contribution < 1.29 is 4.79 Å². The third-order valence-corrected chi connectivity index (χ3v) is 3.70. The summed E-state index contributed by atoms with van der Waals surface area (Å²) in [6.45, 7) is 0. The largest absolute Gasteiger partial charge is 0.399 e. The molecule has 0 aliphatic carbocycles. The molecule has 1 amide bonds. The van der Waals surface area contributed by atoms with Gasteiger partial charge in [-0.25, -0.2) is 0 Å². The Kier molecular flexibility index (Phi) is 4.72. The van der Waals surface area contributed by atoms with Crippen molar-refractivity contribution in [2.75, 3.05) is 18.1 Å². The number of anilines is 3. The van der Waals surface area contributed by atoms with Crippen LogP contribution >= 0.6 is 34.2 Å². The summed E-state index contributed by atoms with van der Waals surface area (Å²) in [5.74, 6) is -0.186. The van der Waals surface area contributed by atoms with Crippen LogP contribution in [0.1, 0.15) is 10.4 Å². The molecule has 0 aliphatic heterocycles. The number of hydrogen-bond donors (Lipinski definition) is 3. The first-order valence-electron chi connectivity index (χ1n) is 5.85. The second kappa shape index (κ2) is 6.32. The number of nitrogens with one attached hydrogen (secondary N) is 2. The second-order valence-electron chi connectivity index (χ2n) is 4.13. The van der Waals surface area contributed by atoms with Crippen LogP contribution in [0, 0.1) is 3.57 Å². The molecule has 2 aromatic rings. The third-order valence-electron chi connectivity index (χ3n) is 2.72. The van der Waals surface area contributed by atoms with Crippen molar-refractivity contribution in [3.8, 4) is 0 Å². The summed E-state index contributed by atoms with van der Waals surface area (Å²) in [5.41, 5.74) is 8.20. The van der Waals surface area contributed by atoms with Crippen LogP contribution in [0.15, 0.2) is 36.4 Å². The molecule has 104 valence electrons. The van der Waals surface area contributed by atoms with Crippen LogP contribution in [0.3, 0.4) is 0 Å². The van der Waals surface area contributed by atoms with Gasteiger partial charge in [0.05, 0.1) is 22.0 Å². The average molecular weight is 402 g/mol. The molecule has 0 saturated heterocycles. The molecule has 2 aromatic carbocycles. The van der Waals surface area contributed by atoms with E-state index in [9.17, 15) is 4.79 Å². The van der Waals surface area contributed by atoms with E-state index in [-0.39, 0.29) is 5.91 Å². The van der Waals surface area contributed by atoms with Crippen LogP contribution in [0.2, 0.25) is 5.02 Å². The van der Waals surface area contributed by atoms with Gasteiger partial charge in [0.15, 0.2) is 0 Å². The number of benzene rings is 2. The van der Waals surface area contributed by atoms with Gasteiger partial charge in [0.2, 0.25) is 0 Å². The fraction of sp³-hybridized carbons (Fsp3) is 0.0714. The molecule has 0 saturated carbocycles. The van der Waals surface area contributed by atoms with Gasteiger partial charge in [0.25, 0.3) is 5.91 Å². The van der Waals surface area contributed by atoms with E-state index in [2.05, 4.69) is 33.2 Å². The normalized spacial score (nSPS) is 10.2. The lowest BCUT2D eigenvalue weighted by Crippen LogP contribution is -2.19. The smallest absolute Gasteiger partial charge is 0.253 e. The van der Waals surface area contributed by atoms with Gasteiger partial charge >= 0.3 is 0 Å². The summed E-state index contributed by atoms with van der Waals surface area (Å²) in [7, 11) is 1.58. The SMILES string of the molecule is CNC(=O)c1ccc(N)cc1Nc1ccc(I)cc1Cl. The minimum absolute atomic E-state index is 0.186. The summed E-state index contributed by atoms with van der Waals surface area (Å²) in [5, 5.41) is 6.33. The van der Waals surface area contributed by atoms with Crippen molar-refractivity contribution in [3.63, 3.8) is 0 Å². The summed E-state index contributed by atoms with van der Waals surface area (Å²) in [4.78, 5) is 11.8. The number of rotatable bonds is 3.